The Kier molecular flexibility index (Phi) is 6.66. The number of nitrogens with zero attached hydrogens (tertiary/aromatic N) is 3. The predicted molar refractivity (Wildman–Crippen MR) is 129 cm³/mol. The number of methoxy groups -OCH3 is 1. The number of fused-ring (bicyclic) bond motifs is 1. The molecule has 4 rings (SSSR count). The number of nitrogens with one attached hydrogen (secondary N) is 1. The summed E-state index contributed by atoms with van der Waals surface area (Å²) < 4.78 is 59.1. The number of aromatic nitrogens is 1. The molecule has 0 spiro atoms. The van der Waals surface area contributed by atoms with E-state index >= 15 is 0 Å². The lowest BCUT2D eigenvalue weighted by molar-refractivity contribution is -0.119. The molecule has 0 aliphatic carbocycles. The molecular formula is C21H24N4O6S3. The molecule has 1 fully saturated rings. The molecule has 10 nitrogen and oxygen atoms in total. The van der Waals surface area contributed by atoms with Gasteiger partial charge in [-0.15, -0.1) is 0 Å². The zero-order valence-corrected chi connectivity index (χ0v) is 21.2. The number of thiazole rings is 1. The van der Waals surface area contributed by atoms with Gasteiger partial charge in [-0.05, 0) is 55.3 Å². The van der Waals surface area contributed by atoms with Gasteiger partial charge in [0.25, 0.3) is 0 Å². The van der Waals surface area contributed by atoms with Gasteiger partial charge in [-0.25, -0.2) is 26.1 Å². The highest BCUT2D eigenvalue weighted by atomic mass is 32.2. The van der Waals surface area contributed by atoms with Gasteiger partial charge in [0.2, 0.25) is 26.0 Å². The molecule has 1 N–H and O–H groups in total. The van der Waals surface area contributed by atoms with Crippen molar-refractivity contribution in [1.82, 2.24) is 13.6 Å². The third kappa shape index (κ3) is 4.53. The van der Waals surface area contributed by atoms with Crippen LogP contribution in [0.25, 0.3) is 10.2 Å². The highest BCUT2D eigenvalue weighted by Crippen LogP contribution is 2.31. The normalized spacial score (nSPS) is 17.4. The summed E-state index contributed by atoms with van der Waals surface area (Å²) in [5.74, 6) is 0.0572. The molecular weight excluding hydrogens is 500 g/mol. The maximum Gasteiger partial charge on any atom is 0.244 e. The minimum absolute atomic E-state index is 0.0858. The molecule has 182 valence electrons. The number of amides is 1. The number of carbonyl (C=O) groups excluding carboxylic acids is 1. The summed E-state index contributed by atoms with van der Waals surface area (Å²) in [5, 5.41) is 2.98. The molecule has 1 aromatic heterocycles. The first-order chi connectivity index (χ1) is 16.0. The lowest BCUT2D eigenvalue weighted by Gasteiger charge is -2.23. The Morgan fingerprint density at radius 3 is 2.44 bits per heavy atom. The quantitative estimate of drug-likeness (QED) is 0.503. The van der Waals surface area contributed by atoms with Crippen LogP contribution in [0.1, 0.15) is 12.8 Å². The van der Waals surface area contributed by atoms with Gasteiger partial charge in [0, 0.05) is 20.6 Å². The number of ether oxygens (including phenoxy) is 1. The molecule has 0 bridgehead atoms. The van der Waals surface area contributed by atoms with Gasteiger partial charge in [-0.2, -0.15) is 4.31 Å². The molecule has 1 aliphatic rings. The summed E-state index contributed by atoms with van der Waals surface area (Å²) in [7, 11) is -3.09. The third-order valence-electron chi connectivity index (χ3n) is 5.54. The number of hydrogen-bond donors (Lipinski definition) is 1. The summed E-state index contributed by atoms with van der Waals surface area (Å²) in [5.41, 5.74) is 0.534. The van der Waals surface area contributed by atoms with Crippen molar-refractivity contribution in [3.63, 3.8) is 0 Å². The van der Waals surface area contributed by atoms with E-state index in [1.54, 1.807) is 18.2 Å². The number of sulfonamides is 2. The van der Waals surface area contributed by atoms with E-state index in [1.807, 2.05) is 0 Å². The second-order valence-electron chi connectivity index (χ2n) is 7.87. The van der Waals surface area contributed by atoms with Crippen molar-refractivity contribution in [3.05, 3.63) is 42.5 Å². The molecule has 3 aromatic rings. The maximum atomic E-state index is 13.2. The Bertz CT molecular complexity index is 1430. The van der Waals surface area contributed by atoms with Crippen molar-refractivity contribution in [1.29, 1.82) is 0 Å². The summed E-state index contributed by atoms with van der Waals surface area (Å²) in [6.07, 6.45) is 0.941. The average Bonchev–Trinajstić information content (AvgIpc) is 3.45. The first kappa shape index (κ1) is 24.5. The first-order valence-electron chi connectivity index (χ1n) is 10.3. The molecule has 13 heteroatoms. The van der Waals surface area contributed by atoms with Crippen LogP contribution in [0.3, 0.4) is 0 Å². The number of hydrogen-bond acceptors (Lipinski definition) is 8. The number of anilines is 1. The smallest absolute Gasteiger partial charge is 0.244 e. The lowest BCUT2D eigenvalue weighted by atomic mass is 10.2. The van der Waals surface area contributed by atoms with Crippen molar-refractivity contribution in [2.24, 2.45) is 0 Å². The van der Waals surface area contributed by atoms with E-state index in [4.69, 9.17) is 4.74 Å². The maximum absolute atomic E-state index is 13.2. The molecule has 1 amide bonds. The topological polar surface area (TPSA) is 126 Å². The number of carbonyl (C=O) groups is 1. The predicted octanol–water partition coefficient (Wildman–Crippen LogP) is 2.35. The molecule has 0 saturated carbocycles. The first-order valence-corrected chi connectivity index (χ1v) is 14.0. The fourth-order valence-corrected chi connectivity index (χ4v) is 7.26. The van der Waals surface area contributed by atoms with Crippen molar-refractivity contribution in [2.75, 3.05) is 33.1 Å². The van der Waals surface area contributed by atoms with Crippen LogP contribution in [0.5, 0.6) is 5.75 Å². The van der Waals surface area contributed by atoms with Gasteiger partial charge >= 0.3 is 0 Å². The van der Waals surface area contributed by atoms with Crippen LogP contribution >= 0.6 is 11.3 Å². The van der Waals surface area contributed by atoms with E-state index in [1.165, 1.54) is 49.8 Å². The second-order valence-corrected chi connectivity index (χ2v) is 12.9. The van der Waals surface area contributed by atoms with Crippen molar-refractivity contribution >= 4 is 52.6 Å². The SMILES string of the molecule is COc1ccc(S(=O)(=O)N2CCCC2C(=O)Nc2nc3ccc(S(=O)(=O)N(C)C)cc3s2)cc1. The summed E-state index contributed by atoms with van der Waals surface area (Å²) >= 11 is 1.13. The van der Waals surface area contributed by atoms with Crippen LogP contribution in [0.2, 0.25) is 0 Å². The zero-order valence-electron chi connectivity index (χ0n) is 18.8. The Hall–Kier alpha value is -2.58. The highest BCUT2D eigenvalue weighted by molar-refractivity contribution is 7.89. The van der Waals surface area contributed by atoms with Crippen LogP contribution in [0.15, 0.2) is 52.3 Å². The molecule has 2 heterocycles. The van der Waals surface area contributed by atoms with Gasteiger partial charge in [0.05, 0.1) is 27.1 Å². The standard InChI is InChI=1S/C21H24N4O6S3/c1-24(2)33(27,28)16-10-11-17-19(13-16)32-21(22-17)23-20(26)18-5-4-12-25(18)34(29,30)15-8-6-14(31-3)7-9-15/h6-11,13,18H,4-5,12H2,1-3H3,(H,22,23,26). The molecule has 1 saturated heterocycles. The number of rotatable bonds is 7. The van der Waals surface area contributed by atoms with Gasteiger partial charge in [-0.1, -0.05) is 11.3 Å². The Morgan fingerprint density at radius 2 is 1.79 bits per heavy atom. The second kappa shape index (κ2) is 9.23. The molecule has 2 aromatic carbocycles. The van der Waals surface area contributed by atoms with E-state index in [-0.39, 0.29) is 21.5 Å². The van der Waals surface area contributed by atoms with Crippen LogP contribution < -0.4 is 10.1 Å². The van der Waals surface area contributed by atoms with Gasteiger partial charge in [0.15, 0.2) is 5.13 Å². The minimum atomic E-state index is -3.88. The lowest BCUT2D eigenvalue weighted by Crippen LogP contribution is -2.43. The minimum Gasteiger partial charge on any atom is -0.497 e. The van der Waals surface area contributed by atoms with Gasteiger partial charge in [-0.3, -0.25) is 4.79 Å². The monoisotopic (exact) mass is 524 g/mol. The molecule has 1 aliphatic heterocycles. The van der Waals surface area contributed by atoms with E-state index in [0.717, 1.165) is 15.6 Å². The van der Waals surface area contributed by atoms with E-state index in [9.17, 15) is 21.6 Å². The van der Waals surface area contributed by atoms with Crippen LogP contribution in [-0.2, 0) is 24.8 Å². The fraction of sp³-hybridized carbons (Fsp3) is 0.333. The van der Waals surface area contributed by atoms with Gasteiger partial charge in [0.1, 0.15) is 11.8 Å². The Labute approximate surface area is 202 Å². The summed E-state index contributed by atoms with van der Waals surface area (Å²) in [6.45, 7) is 0.234. The number of benzene rings is 2. The fourth-order valence-electron chi connectivity index (χ4n) is 3.69. The molecule has 34 heavy (non-hydrogen) atoms. The highest BCUT2D eigenvalue weighted by Gasteiger charge is 2.39. The molecule has 1 unspecified atom stereocenters. The summed E-state index contributed by atoms with van der Waals surface area (Å²) in [4.78, 5) is 17.6. The van der Waals surface area contributed by atoms with E-state index in [2.05, 4.69) is 10.3 Å². The Morgan fingerprint density at radius 1 is 1.12 bits per heavy atom. The van der Waals surface area contributed by atoms with Crippen molar-refractivity contribution in [3.8, 4) is 5.75 Å². The van der Waals surface area contributed by atoms with Crippen molar-refractivity contribution < 1.29 is 26.4 Å². The molecule has 1 atom stereocenters. The van der Waals surface area contributed by atoms with E-state index in [0.29, 0.717) is 28.8 Å². The Balaban J connectivity index is 1.55. The molecule has 0 radical (unpaired) electrons. The van der Waals surface area contributed by atoms with Crippen LogP contribution in [0.4, 0.5) is 5.13 Å². The zero-order chi connectivity index (χ0) is 24.7. The van der Waals surface area contributed by atoms with Gasteiger partial charge < -0.3 is 10.1 Å². The van der Waals surface area contributed by atoms with E-state index < -0.39 is 32.0 Å². The largest absolute Gasteiger partial charge is 0.497 e. The van der Waals surface area contributed by atoms with Crippen LogP contribution in [0, 0.1) is 0 Å². The summed E-state index contributed by atoms with van der Waals surface area (Å²) in [6, 6.07) is 9.70. The van der Waals surface area contributed by atoms with Crippen LogP contribution in [-0.4, -0.2) is 70.1 Å². The average molecular weight is 525 g/mol. The van der Waals surface area contributed by atoms with Crippen molar-refractivity contribution in [2.45, 2.75) is 28.7 Å². The third-order valence-corrected chi connectivity index (χ3v) is 10.2.